The second kappa shape index (κ2) is 15.4. The number of anilines is 2. The summed E-state index contributed by atoms with van der Waals surface area (Å²) in [6, 6.07) is 35.9. The van der Waals surface area contributed by atoms with Gasteiger partial charge < -0.3 is 24.7 Å². The predicted molar refractivity (Wildman–Crippen MR) is 192 cm³/mol. The Labute approximate surface area is 291 Å². The minimum absolute atomic E-state index is 0.0129. The van der Waals surface area contributed by atoms with E-state index in [9.17, 15) is 28.2 Å². The van der Waals surface area contributed by atoms with Crippen LogP contribution in [0.4, 0.5) is 11.4 Å². The Morgan fingerprint density at radius 1 is 0.800 bits per heavy atom. The van der Waals surface area contributed by atoms with Crippen LogP contribution < -0.4 is 14.5 Å². The van der Waals surface area contributed by atoms with Crippen LogP contribution in [0.2, 0.25) is 0 Å². The maximum atomic E-state index is 13.8. The molecule has 0 saturated carbocycles. The Hall–Kier alpha value is -5.49. The monoisotopic (exact) mass is 691 g/mol. The van der Waals surface area contributed by atoms with Gasteiger partial charge in [0.1, 0.15) is 11.3 Å². The molecule has 0 aromatic heterocycles. The zero-order valence-electron chi connectivity index (χ0n) is 27.2. The fraction of sp³-hybridized carbons (Fsp3) is 0.179. The van der Waals surface area contributed by atoms with Gasteiger partial charge in [0.2, 0.25) is 15.9 Å². The summed E-state index contributed by atoms with van der Waals surface area (Å²) in [6.07, 6.45) is 0.498. The molecule has 50 heavy (non-hydrogen) atoms. The summed E-state index contributed by atoms with van der Waals surface area (Å²) in [7, 11) is -4.15. The summed E-state index contributed by atoms with van der Waals surface area (Å²) >= 11 is 0. The van der Waals surface area contributed by atoms with E-state index in [0.717, 1.165) is 46.6 Å². The smallest absolute Gasteiger partial charge is 0.339 e. The summed E-state index contributed by atoms with van der Waals surface area (Å²) < 4.78 is 35.3. The number of aromatic carboxylic acids is 1. The van der Waals surface area contributed by atoms with Gasteiger partial charge >= 0.3 is 5.97 Å². The van der Waals surface area contributed by atoms with Crippen molar-refractivity contribution in [3.63, 3.8) is 0 Å². The number of benzene rings is 5. The lowest BCUT2D eigenvalue weighted by molar-refractivity contribution is -0.117. The molecule has 3 N–H and O–H groups in total. The molecule has 1 aliphatic rings. The molecule has 0 radical (unpaired) electrons. The van der Waals surface area contributed by atoms with Crippen LogP contribution in [0.5, 0.6) is 5.75 Å². The van der Waals surface area contributed by atoms with Crippen LogP contribution in [0.15, 0.2) is 126 Å². The van der Waals surface area contributed by atoms with Crippen LogP contribution >= 0.6 is 0 Å². The number of phenols is 1. The van der Waals surface area contributed by atoms with Crippen molar-refractivity contribution in [1.29, 1.82) is 0 Å². The van der Waals surface area contributed by atoms with Crippen molar-refractivity contribution in [3.8, 4) is 16.9 Å². The van der Waals surface area contributed by atoms with Gasteiger partial charge in [-0.15, -0.1) is 0 Å². The van der Waals surface area contributed by atoms with Crippen molar-refractivity contribution in [1.82, 2.24) is 4.72 Å². The highest BCUT2D eigenvalue weighted by Crippen LogP contribution is 2.29. The average molecular weight is 692 g/mol. The van der Waals surface area contributed by atoms with Crippen LogP contribution in [0.1, 0.15) is 27.0 Å². The SMILES string of the molecule is O=C(O)c1cc(N(Cc2ccc(N3CCOCC3)cc2)C(=O)CNS(=O)(=O)c2ccc(-c3ccccc3)c(Cc3ccccc3)c2)ccc1O. The number of rotatable bonds is 12. The zero-order valence-corrected chi connectivity index (χ0v) is 28.1. The van der Waals surface area contributed by atoms with Crippen LogP contribution in [-0.4, -0.2) is 63.4 Å². The van der Waals surface area contributed by atoms with Crippen molar-refractivity contribution in [2.75, 3.05) is 42.6 Å². The highest BCUT2D eigenvalue weighted by Gasteiger charge is 2.24. The number of hydrogen-bond donors (Lipinski definition) is 3. The summed E-state index contributed by atoms with van der Waals surface area (Å²) in [5, 5.41) is 19.8. The van der Waals surface area contributed by atoms with E-state index in [1.807, 2.05) is 84.9 Å². The molecule has 11 heteroatoms. The molecule has 0 spiro atoms. The first-order valence-corrected chi connectivity index (χ1v) is 17.7. The molecule has 10 nitrogen and oxygen atoms in total. The maximum Gasteiger partial charge on any atom is 0.339 e. The third-order valence-corrected chi connectivity index (χ3v) is 10.00. The van der Waals surface area contributed by atoms with E-state index in [1.54, 1.807) is 12.1 Å². The molecule has 0 bridgehead atoms. The Morgan fingerprint density at radius 3 is 2.16 bits per heavy atom. The molecule has 0 aliphatic carbocycles. The van der Waals surface area contributed by atoms with E-state index in [4.69, 9.17) is 4.74 Å². The fourth-order valence-electron chi connectivity index (χ4n) is 5.94. The van der Waals surface area contributed by atoms with Gasteiger partial charge in [0.05, 0.1) is 31.2 Å². The van der Waals surface area contributed by atoms with E-state index >= 15 is 0 Å². The van der Waals surface area contributed by atoms with E-state index in [0.29, 0.717) is 19.6 Å². The van der Waals surface area contributed by atoms with Gasteiger partial charge in [-0.25, -0.2) is 17.9 Å². The number of carboxylic acid groups (broad SMARTS) is 1. The minimum Gasteiger partial charge on any atom is -0.507 e. The van der Waals surface area contributed by atoms with Gasteiger partial charge in [-0.3, -0.25) is 4.79 Å². The van der Waals surface area contributed by atoms with Crippen molar-refractivity contribution in [2.24, 2.45) is 0 Å². The molecule has 0 atom stereocenters. The van der Waals surface area contributed by atoms with Crippen molar-refractivity contribution < 1.29 is 33.0 Å². The number of nitrogens with one attached hydrogen (secondary N) is 1. The third-order valence-electron chi connectivity index (χ3n) is 8.60. The summed E-state index contributed by atoms with van der Waals surface area (Å²) in [6.45, 7) is 2.24. The van der Waals surface area contributed by atoms with Gasteiger partial charge in [0.15, 0.2) is 0 Å². The highest BCUT2D eigenvalue weighted by molar-refractivity contribution is 7.89. The Kier molecular flexibility index (Phi) is 10.6. The molecule has 1 heterocycles. The number of ether oxygens (including phenoxy) is 1. The molecule has 5 aromatic carbocycles. The number of sulfonamides is 1. The first-order chi connectivity index (χ1) is 24.2. The average Bonchev–Trinajstić information content (AvgIpc) is 3.14. The number of carbonyl (C=O) groups excluding carboxylic acids is 1. The Morgan fingerprint density at radius 2 is 1.48 bits per heavy atom. The molecular formula is C39H37N3O7S. The van der Waals surface area contributed by atoms with E-state index in [1.165, 1.54) is 29.2 Å². The second-order valence-electron chi connectivity index (χ2n) is 11.9. The molecule has 1 fully saturated rings. The van der Waals surface area contributed by atoms with Crippen molar-refractivity contribution in [3.05, 3.63) is 144 Å². The van der Waals surface area contributed by atoms with Gasteiger partial charge in [-0.05, 0) is 76.7 Å². The predicted octanol–water partition coefficient (Wildman–Crippen LogP) is 5.70. The van der Waals surface area contributed by atoms with E-state index in [2.05, 4.69) is 9.62 Å². The standard InChI is InChI=1S/C39H37N3O7S/c43-37-18-15-33(25-36(37)39(45)46)42(27-29-11-13-32(14-12-29)41-19-21-49-22-20-41)38(44)26-40-50(47,48)34-16-17-35(30-9-5-2-6-10-30)31(24-34)23-28-7-3-1-4-8-28/h1-18,24-25,40,43H,19-23,26-27H2,(H,45,46). The number of carbonyl (C=O) groups is 2. The molecule has 1 amide bonds. The fourth-order valence-corrected chi connectivity index (χ4v) is 6.96. The highest BCUT2D eigenvalue weighted by atomic mass is 32.2. The first kappa shape index (κ1) is 34.4. The number of morpholine rings is 1. The van der Waals surface area contributed by atoms with Gasteiger partial charge in [-0.1, -0.05) is 78.9 Å². The maximum absolute atomic E-state index is 13.8. The van der Waals surface area contributed by atoms with E-state index < -0.39 is 34.2 Å². The third kappa shape index (κ3) is 8.20. The minimum atomic E-state index is -4.15. The number of aromatic hydroxyl groups is 1. The number of nitrogens with zero attached hydrogens (tertiary/aromatic N) is 2. The van der Waals surface area contributed by atoms with Gasteiger partial charge in [-0.2, -0.15) is 0 Å². The van der Waals surface area contributed by atoms with Crippen LogP contribution in [0.3, 0.4) is 0 Å². The summed E-state index contributed by atoms with van der Waals surface area (Å²) in [5.41, 5.74) is 5.24. The normalized spacial score (nSPS) is 13.2. The Bertz CT molecular complexity index is 2070. The topological polar surface area (TPSA) is 136 Å². The van der Waals surface area contributed by atoms with Crippen molar-refractivity contribution >= 4 is 33.3 Å². The van der Waals surface area contributed by atoms with Crippen LogP contribution in [0.25, 0.3) is 11.1 Å². The number of carboxylic acids is 1. The molecule has 0 unspecified atom stereocenters. The summed E-state index contributed by atoms with van der Waals surface area (Å²) in [5.74, 6) is -2.43. The second-order valence-corrected chi connectivity index (χ2v) is 13.7. The lowest BCUT2D eigenvalue weighted by Gasteiger charge is -2.29. The lowest BCUT2D eigenvalue weighted by Crippen LogP contribution is -2.40. The van der Waals surface area contributed by atoms with E-state index in [-0.39, 0.29) is 22.7 Å². The first-order valence-electron chi connectivity index (χ1n) is 16.2. The molecule has 5 aromatic rings. The van der Waals surface area contributed by atoms with Crippen LogP contribution in [0, 0.1) is 0 Å². The van der Waals surface area contributed by atoms with Gasteiger partial charge in [0, 0.05) is 24.5 Å². The zero-order chi connectivity index (χ0) is 35.1. The summed E-state index contributed by atoms with van der Waals surface area (Å²) in [4.78, 5) is 29.1. The molecule has 256 valence electrons. The number of hydrogen-bond acceptors (Lipinski definition) is 7. The molecule has 1 aliphatic heterocycles. The Balaban J connectivity index is 1.25. The molecule has 6 rings (SSSR count). The lowest BCUT2D eigenvalue weighted by atomic mass is 9.95. The largest absolute Gasteiger partial charge is 0.507 e. The quantitative estimate of drug-likeness (QED) is 0.152. The van der Waals surface area contributed by atoms with Gasteiger partial charge in [0.25, 0.3) is 0 Å². The molecule has 1 saturated heterocycles. The van der Waals surface area contributed by atoms with Crippen LogP contribution in [-0.2, 0) is 32.5 Å². The molecular weight excluding hydrogens is 655 g/mol. The number of amides is 1. The van der Waals surface area contributed by atoms with Crippen molar-refractivity contribution in [2.45, 2.75) is 17.9 Å².